The third-order valence-electron chi connectivity index (χ3n) is 3.60. The highest BCUT2D eigenvalue weighted by molar-refractivity contribution is 7.80. The average Bonchev–Trinajstić information content (AvgIpc) is 3.08. The molecule has 0 aliphatic carbocycles. The number of benzene rings is 1. The molecule has 0 radical (unpaired) electrons. The zero-order chi connectivity index (χ0) is 37.0. The van der Waals surface area contributed by atoms with Gasteiger partial charge in [0.05, 0.1) is 72.7 Å². The summed E-state index contributed by atoms with van der Waals surface area (Å²) in [6.45, 7) is -0.243. The number of aromatic hydroxyl groups is 1. The summed E-state index contributed by atoms with van der Waals surface area (Å²) in [6, 6.07) is 3.17. The Morgan fingerprint density at radius 1 is 0.696 bits per heavy atom. The van der Waals surface area contributed by atoms with Crippen molar-refractivity contribution in [3.05, 3.63) is 17.7 Å². The molecule has 15 N–H and O–H groups in total. The van der Waals surface area contributed by atoms with Crippen molar-refractivity contribution in [2.24, 2.45) is 0 Å². The van der Waals surface area contributed by atoms with Crippen LogP contribution in [0.15, 0.2) is 12.1 Å². The number of carbonyl (C=O) groups is 1. The summed E-state index contributed by atoms with van der Waals surface area (Å²) < 4.78 is 10.6. The molecule has 0 fully saturated rings. The number of unbranched alkanes of at least 4 members (excludes halogenated alkanes) is 3. The van der Waals surface area contributed by atoms with E-state index >= 15 is 0 Å². The molecule has 0 spiro atoms. The number of hydrogen-bond donors (Lipinski definition) is 16. The fraction of sp³-hybridized carbons (Fsp3) is 0.741. The molecule has 0 aromatic heterocycles. The van der Waals surface area contributed by atoms with E-state index in [2.05, 4.69) is 12.6 Å². The molecule has 1 rings (SSSR count). The van der Waals surface area contributed by atoms with Crippen molar-refractivity contribution in [3.63, 3.8) is 0 Å². The Hall–Kier alpha value is -2.08. The normalized spacial score (nSPS) is 9.63. The van der Waals surface area contributed by atoms with Crippen LogP contribution in [0, 0.1) is 6.92 Å². The molecular formula is C27H58O18S. The molecule has 0 aliphatic rings. The van der Waals surface area contributed by atoms with Crippen LogP contribution in [0.1, 0.15) is 31.2 Å². The van der Waals surface area contributed by atoms with Crippen molar-refractivity contribution in [2.75, 3.05) is 91.6 Å². The quantitative estimate of drug-likeness (QED) is 0.0445. The number of carboxylic acids is 1. The Kier molecular flexibility index (Phi) is 64.2. The number of thiol groups is 1. The van der Waals surface area contributed by atoms with Gasteiger partial charge in [0.25, 0.3) is 0 Å². The van der Waals surface area contributed by atoms with Crippen LogP contribution in [0.3, 0.4) is 0 Å². The van der Waals surface area contributed by atoms with Crippen molar-refractivity contribution in [3.8, 4) is 17.2 Å². The van der Waals surface area contributed by atoms with Crippen molar-refractivity contribution >= 4 is 18.6 Å². The summed E-state index contributed by atoms with van der Waals surface area (Å²) in [5.41, 5.74) is 0.632. The van der Waals surface area contributed by atoms with Crippen LogP contribution in [0.4, 0.5) is 0 Å². The summed E-state index contributed by atoms with van der Waals surface area (Å²) in [4.78, 5) is 9.12. The number of rotatable bonds is 16. The predicted octanol–water partition coefficient (Wildman–Crippen LogP) is -3.82. The number of hydrogen-bond acceptors (Lipinski definition) is 18. The molecule has 1 aromatic rings. The third-order valence-corrected chi connectivity index (χ3v) is 3.91. The molecule has 0 saturated heterocycles. The Labute approximate surface area is 275 Å². The van der Waals surface area contributed by atoms with Gasteiger partial charge in [-0.05, 0) is 37.1 Å². The first-order valence-corrected chi connectivity index (χ1v) is 14.5. The molecule has 46 heavy (non-hydrogen) atoms. The van der Waals surface area contributed by atoms with Gasteiger partial charge >= 0.3 is 5.97 Å². The molecule has 0 amide bonds. The van der Waals surface area contributed by atoms with Crippen LogP contribution < -0.4 is 9.47 Å². The maximum Gasteiger partial charge on any atom is 0.329 e. The molecule has 0 heterocycles. The highest BCUT2D eigenvalue weighted by Crippen LogP contribution is 2.35. The highest BCUT2D eigenvalue weighted by Gasteiger charge is 2.13. The smallest absolute Gasteiger partial charge is 0.329 e. The van der Waals surface area contributed by atoms with E-state index in [0.717, 1.165) is 31.4 Å². The molecule has 0 saturated carbocycles. The van der Waals surface area contributed by atoms with E-state index in [0.29, 0.717) is 17.9 Å². The number of aliphatic carboxylic acids is 1. The first kappa shape index (κ1) is 56.3. The van der Waals surface area contributed by atoms with E-state index < -0.39 is 25.5 Å². The first-order chi connectivity index (χ1) is 21.9. The Bertz CT molecular complexity index is 632. The maximum absolute atomic E-state index is 9.88. The monoisotopic (exact) mass is 702 g/mol. The standard InChI is InChI=1S/C15H24O5S.C2H4O3.5C2H6O2/c1-11-8-12(19-6-4-2-3-5-7-21)9-13(17)15(11)20-14(18)10-16;3-1-2(4)5;5*3-1-2-4/h8-9,14,16-18,21H,2-7,10H2,1H3;3H,1H2,(H,4,5);5*3-4H,1-2H2. The van der Waals surface area contributed by atoms with Gasteiger partial charge in [0.2, 0.25) is 6.29 Å². The van der Waals surface area contributed by atoms with Gasteiger partial charge in [-0.25, -0.2) is 4.79 Å². The van der Waals surface area contributed by atoms with Crippen molar-refractivity contribution < 1.29 is 90.9 Å². The Balaban J connectivity index is -0.000000129. The number of carboxylic acid groups (broad SMARTS) is 1. The zero-order valence-corrected chi connectivity index (χ0v) is 27.2. The fourth-order valence-electron chi connectivity index (χ4n) is 1.89. The van der Waals surface area contributed by atoms with E-state index in [1.54, 1.807) is 13.0 Å². The van der Waals surface area contributed by atoms with Gasteiger partial charge in [0.15, 0.2) is 11.5 Å². The van der Waals surface area contributed by atoms with E-state index in [-0.39, 0.29) is 77.6 Å². The van der Waals surface area contributed by atoms with Gasteiger partial charge in [-0.1, -0.05) is 12.8 Å². The van der Waals surface area contributed by atoms with E-state index in [9.17, 15) is 10.2 Å². The molecule has 1 atom stereocenters. The Morgan fingerprint density at radius 3 is 1.35 bits per heavy atom. The number of ether oxygens (including phenoxy) is 2. The predicted molar refractivity (Wildman–Crippen MR) is 170 cm³/mol. The summed E-state index contributed by atoms with van der Waals surface area (Å²) in [5, 5.41) is 119. The topological polar surface area (TPSA) is 339 Å². The summed E-state index contributed by atoms with van der Waals surface area (Å²) in [6.07, 6.45) is 2.95. The lowest BCUT2D eigenvalue weighted by Gasteiger charge is -2.16. The van der Waals surface area contributed by atoms with Crippen LogP contribution in [0.5, 0.6) is 17.2 Å². The van der Waals surface area contributed by atoms with Crippen molar-refractivity contribution in [1.82, 2.24) is 0 Å². The minimum atomic E-state index is -1.35. The van der Waals surface area contributed by atoms with Gasteiger partial charge in [-0.15, -0.1) is 0 Å². The molecule has 1 aromatic carbocycles. The van der Waals surface area contributed by atoms with E-state index in [4.69, 9.17) is 80.7 Å². The van der Waals surface area contributed by atoms with Gasteiger partial charge in [0, 0.05) is 6.07 Å². The third kappa shape index (κ3) is 57.6. The number of phenols is 1. The van der Waals surface area contributed by atoms with Crippen molar-refractivity contribution in [1.29, 1.82) is 0 Å². The highest BCUT2D eigenvalue weighted by atomic mass is 32.1. The molecule has 19 heteroatoms. The number of aliphatic hydroxyl groups is 13. The minimum Gasteiger partial charge on any atom is -0.504 e. The SMILES string of the molecule is Cc1cc(OCCCCCCS)cc(O)c1OC(O)CO.O=C(O)CO.OCCO.OCCO.OCCO.OCCO.OCCO. The van der Waals surface area contributed by atoms with Gasteiger partial charge < -0.3 is 86.1 Å². The van der Waals surface area contributed by atoms with Crippen LogP contribution in [0.2, 0.25) is 0 Å². The van der Waals surface area contributed by atoms with Gasteiger partial charge in [0.1, 0.15) is 19.0 Å². The lowest BCUT2D eigenvalue weighted by atomic mass is 10.2. The number of aryl methyl sites for hydroxylation is 1. The van der Waals surface area contributed by atoms with Gasteiger partial charge in [-0.3, -0.25) is 0 Å². The van der Waals surface area contributed by atoms with Crippen LogP contribution in [-0.4, -0.2) is 180 Å². The molecule has 0 bridgehead atoms. The zero-order valence-electron chi connectivity index (χ0n) is 26.3. The van der Waals surface area contributed by atoms with Crippen LogP contribution in [0.25, 0.3) is 0 Å². The summed E-state index contributed by atoms with van der Waals surface area (Å²) >= 11 is 4.16. The second-order valence-electron chi connectivity index (χ2n) is 7.62. The second kappa shape index (κ2) is 52.5. The lowest BCUT2D eigenvalue weighted by Crippen LogP contribution is -2.20. The lowest BCUT2D eigenvalue weighted by molar-refractivity contribution is -0.140. The molecule has 18 nitrogen and oxygen atoms in total. The number of phenolic OH excluding ortho intramolecular Hbond substituents is 1. The van der Waals surface area contributed by atoms with Crippen LogP contribution in [-0.2, 0) is 4.79 Å². The first-order valence-electron chi connectivity index (χ1n) is 13.9. The largest absolute Gasteiger partial charge is 0.504 e. The Morgan fingerprint density at radius 2 is 1.07 bits per heavy atom. The molecular weight excluding hydrogens is 644 g/mol. The fourth-order valence-corrected chi connectivity index (χ4v) is 2.11. The molecule has 280 valence electrons. The van der Waals surface area contributed by atoms with Crippen LogP contribution >= 0.6 is 12.6 Å². The molecule has 0 aliphatic heterocycles. The summed E-state index contributed by atoms with van der Waals surface area (Å²) in [5.74, 6) is 0.315. The second-order valence-corrected chi connectivity index (χ2v) is 8.06. The van der Waals surface area contributed by atoms with E-state index in [1.165, 1.54) is 6.07 Å². The molecule has 1 unspecified atom stereocenters. The number of aliphatic hydroxyl groups excluding tert-OH is 13. The maximum atomic E-state index is 9.88. The average molecular weight is 703 g/mol. The summed E-state index contributed by atoms with van der Waals surface area (Å²) in [7, 11) is 0. The minimum absolute atomic E-state index is 0.118. The van der Waals surface area contributed by atoms with E-state index in [1.807, 2.05) is 0 Å². The van der Waals surface area contributed by atoms with Crippen molar-refractivity contribution in [2.45, 2.75) is 38.9 Å². The van der Waals surface area contributed by atoms with Gasteiger partial charge in [-0.2, -0.15) is 12.6 Å².